The van der Waals surface area contributed by atoms with Gasteiger partial charge < -0.3 is 9.47 Å². The number of esters is 1. The van der Waals surface area contributed by atoms with Gasteiger partial charge in [-0.25, -0.2) is 9.59 Å². The van der Waals surface area contributed by atoms with Gasteiger partial charge in [-0.2, -0.15) is 5.01 Å². The highest BCUT2D eigenvalue weighted by Crippen LogP contribution is 2.27. The lowest BCUT2D eigenvalue weighted by atomic mass is 10.0. The predicted molar refractivity (Wildman–Crippen MR) is 81.5 cm³/mol. The van der Waals surface area contributed by atoms with Crippen molar-refractivity contribution in [2.75, 3.05) is 6.54 Å². The molecule has 0 aromatic heterocycles. The second-order valence-electron chi connectivity index (χ2n) is 7.61. The van der Waals surface area contributed by atoms with Crippen molar-refractivity contribution in [3.63, 3.8) is 0 Å². The summed E-state index contributed by atoms with van der Waals surface area (Å²) in [7, 11) is 0. The minimum atomic E-state index is -0.733. The number of rotatable bonds is 1. The van der Waals surface area contributed by atoms with E-state index in [1.165, 1.54) is 4.90 Å². The number of ether oxygens (including phenoxy) is 2. The average Bonchev–Trinajstić information content (AvgIpc) is 2.31. The molecule has 2 rings (SSSR count). The van der Waals surface area contributed by atoms with Crippen LogP contribution in [0.3, 0.4) is 0 Å². The summed E-state index contributed by atoms with van der Waals surface area (Å²) in [5.41, 5.74) is -1.40. The summed E-state index contributed by atoms with van der Waals surface area (Å²) in [6, 6.07) is -0.268. The maximum absolute atomic E-state index is 12.3. The van der Waals surface area contributed by atoms with E-state index >= 15 is 0 Å². The Labute approximate surface area is 135 Å². The van der Waals surface area contributed by atoms with Crippen LogP contribution in [0.15, 0.2) is 5.10 Å². The third kappa shape index (κ3) is 4.00. The molecule has 0 N–H and O–H groups in total. The first kappa shape index (κ1) is 17.2. The van der Waals surface area contributed by atoms with E-state index in [0.29, 0.717) is 0 Å². The first-order valence-electron chi connectivity index (χ1n) is 7.52. The molecule has 0 aromatic carbocycles. The molecule has 2 amide bonds. The third-order valence-electron chi connectivity index (χ3n) is 3.06. The molecule has 1 atom stereocenters. The average molecular weight is 325 g/mol. The van der Waals surface area contributed by atoms with E-state index in [1.807, 2.05) is 0 Å². The number of hydrogen-bond donors (Lipinski definition) is 0. The van der Waals surface area contributed by atoms with Gasteiger partial charge in [-0.15, -0.1) is 5.10 Å². The second kappa shape index (κ2) is 5.50. The monoisotopic (exact) mass is 325 g/mol. The number of carbonyl (C=O) groups excluding carboxylic acids is 3. The topological polar surface area (TPSA) is 88.5 Å². The quantitative estimate of drug-likeness (QED) is 0.538. The van der Waals surface area contributed by atoms with Crippen LogP contribution in [0.1, 0.15) is 48.0 Å². The Kier molecular flexibility index (Phi) is 4.13. The molecule has 0 spiro atoms. The Morgan fingerprint density at radius 1 is 1.09 bits per heavy atom. The molecular formula is C15H23N3O5. The number of amides is 2. The zero-order chi connectivity index (χ0) is 17.6. The normalized spacial score (nSPS) is 21.2. The smallest absolute Gasteiger partial charge is 0.431 e. The lowest BCUT2D eigenvalue weighted by Crippen LogP contribution is -2.65. The number of nitrogens with zero attached hydrogens (tertiary/aromatic N) is 3. The molecule has 23 heavy (non-hydrogen) atoms. The van der Waals surface area contributed by atoms with Crippen molar-refractivity contribution >= 4 is 23.8 Å². The molecule has 0 aromatic rings. The van der Waals surface area contributed by atoms with E-state index in [9.17, 15) is 14.4 Å². The number of fused-ring (bicyclic) bond motifs is 1. The molecule has 1 saturated heterocycles. The highest BCUT2D eigenvalue weighted by Gasteiger charge is 2.48. The van der Waals surface area contributed by atoms with Gasteiger partial charge in [0.2, 0.25) is 11.7 Å². The number of β-lactam (4-membered cyclic amide) rings is 1. The zero-order valence-corrected chi connectivity index (χ0v) is 14.4. The van der Waals surface area contributed by atoms with Crippen LogP contribution in [0, 0.1) is 0 Å². The zero-order valence-electron chi connectivity index (χ0n) is 14.4. The van der Waals surface area contributed by atoms with Crippen LogP contribution in [-0.4, -0.2) is 57.5 Å². The van der Waals surface area contributed by atoms with Crippen LogP contribution in [0.2, 0.25) is 0 Å². The fourth-order valence-corrected chi connectivity index (χ4v) is 2.22. The molecule has 2 aliphatic heterocycles. The highest BCUT2D eigenvalue weighted by molar-refractivity contribution is 6.39. The van der Waals surface area contributed by atoms with E-state index in [2.05, 4.69) is 5.10 Å². The van der Waals surface area contributed by atoms with Crippen molar-refractivity contribution in [2.45, 2.75) is 65.2 Å². The Balaban J connectivity index is 2.23. The van der Waals surface area contributed by atoms with Gasteiger partial charge in [0.05, 0.1) is 12.6 Å². The molecule has 0 bridgehead atoms. The summed E-state index contributed by atoms with van der Waals surface area (Å²) in [5.74, 6) is -1.11. The SMILES string of the molecule is CC(C)(C)OC(=O)C1=NN(C(=O)OC(C)(C)C)C[C@@H]2CC(=O)N12. The summed E-state index contributed by atoms with van der Waals surface area (Å²) in [6.07, 6.45) is -0.390. The van der Waals surface area contributed by atoms with Gasteiger partial charge in [0.15, 0.2) is 0 Å². The predicted octanol–water partition coefficient (Wildman–Crippen LogP) is 1.49. The lowest BCUT2D eigenvalue weighted by Gasteiger charge is -2.44. The van der Waals surface area contributed by atoms with Crippen LogP contribution in [0.25, 0.3) is 0 Å². The van der Waals surface area contributed by atoms with Gasteiger partial charge in [-0.3, -0.25) is 9.69 Å². The van der Waals surface area contributed by atoms with Gasteiger partial charge in [0, 0.05) is 6.42 Å². The van der Waals surface area contributed by atoms with E-state index < -0.39 is 23.3 Å². The maximum Gasteiger partial charge on any atom is 0.431 e. The molecule has 8 nitrogen and oxygen atoms in total. The summed E-state index contributed by atoms with van der Waals surface area (Å²) in [6.45, 7) is 10.6. The Morgan fingerprint density at radius 2 is 1.65 bits per heavy atom. The van der Waals surface area contributed by atoms with Crippen molar-refractivity contribution < 1.29 is 23.9 Å². The standard InChI is InChI=1S/C15H23N3O5/c1-14(2,3)22-12(20)11-16-17(13(21)23-15(4,5)6)8-9-7-10(19)18(9)11/h9H,7-8H2,1-6H3/t9-/m0/s1. The first-order chi connectivity index (χ1) is 10.4. The number of carbonyl (C=O) groups is 3. The summed E-state index contributed by atoms with van der Waals surface area (Å²) >= 11 is 0. The molecule has 0 saturated carbocycles. The molecule has 0 unspecified atom stereocenters. The van der Waals surface area contributed by atoms with Gasteiger partial charge in [0.25, 0.3) is 0 Å². The largest absolute Gasteiger partial charge is 0.454 e. The molecule has 0 aliphatic carbocycles. The van der Waals surface area contributed by atoms with Crippen LogP contribution in [0.4, 0.5) is 4.79 Å². The van der Waals surface area contributed by atoms with E-state index in [0.717, 1.165) is 5.01 Å². The molecule has 1 fully saturated rings. The van der Waals surface area contributed by atoms with Gasteiger partial charge in [-0.05, 0) is 41.5 Å². The van der Waals surface area contributed by atoms with Crippen molar-refractivity contribution in [3.05, 3.63) is 0 Å². The van der Waals surface area contributed by atoms with E-state index in [1.54, 1.807) is 41.5 Å². The lowest BCUT2D eigenvalue weighted by molar-refractivity contribution is -0.152. The summed E-state index contributed by atoms with van der Waals surface area (Å²) in [4.78, 5) is 37.5. The first-order valence-corrected chi connectivity index (χ1v) is 7.52. The minimum Gasteiger partial charge on any atom is -0.454 e. The highest BCUT2D eigenvalue weighted by atomic mass is 16.6. The molecular weight excluding hydrogens is 302 g/mol. The Hall–Kier alpha value is -2.12. The van der Waals surface area contributed by atoms with Gasteiger partial charge in [-0.1, -0.05) is 0 Å². The minimum absolute atomic E-state index is 0.168. The number of amidine groups is 1. The van der Waals surface area contributed by atoms with Crippen molar-refractivity contribution in [1.82, 2.24) is 9.91 Å². The van der Waals surface area contributed by atoms with Crippen molar-refractivity contribution in [1.29, 1.82) is 0 Å². The van der Waals surface area contributed by atoms with Crippen LogP contribution in [-0.2, 0) is 19.1 Å². The van der Waals surface area contributed by atoms with Gasteiger partial charge >= 0.3 is 12.1 Å². The molecule has 8 heteroatoms. The Morgan fingerprint density at radius 3 is 2.13 bits per heavy atom. The second-order valence-corrected chi connectivity index (χ2v) is 7.61. The third-order valence-corrected chi connectivity index (χ3v) is 3.06. The molecule has 2 aliphatic rings. The number of hydrazone groups is 1. The number of hydrogen-bond acceptors (Lipinski definition) is 6. The van der Waals surface area contributed by atoms with Crippen LogP contribution >= 0.6 is 0 Å². The van der Waals surface area contributed by atoms with Crippen molar-refractivity contribution in [2.24, 2.45) is 5.10 Å². The fourth-order valence-electron chi connectivity index (χ4n) is 2.22. The molecule has 2 heterocycles. The molecule has 128 valence electrons. The van der Waals surface area contributed by atoms with Crippen molar-refractivity contribution in [3.8, 4) is 0 Å². The van der Waals surface area contributed by atoms with E-state index in [-0.39, 0.29) is 30.8 Å². The summed E-state index contributed by atoms with van der Waals surface area (Å²) in [5, 5.41) is 5.07. The fraction of sp³-hybridized carbons (Fsp3) is 0.733. The van der Waals surface area contributed by atoms with Crippen LogP contribution < -0.4 is 0 Å². The summed E-state index contributed by atoms with van der Waals surface area (Å²) < 4.78 is 10.5. The van der Waals surface area contributed by atoms with Gasteiger partial charge in [0.1, 0.15) is 11.2 Å². The Bertz CT molecular complexity index is 571. The maximum atomic E-state index is 12.3. The van der Waals surface area contributed by atoms with E-state index in [4.69, 9.17) is 9.47 Å². The molecule has 0 radical (unpaired) electrons. The van der Waals surface area contributed by atoms with Crippen LogP contribution in [0.5, 0.6) is 0 Å².